The van der Waals surface area contributed by atoms with Gasteiger partial charge in [0.2, 0.25) is 5.91 Å². The number of nitrogens with one attached hydrogen (secondary N) is 1. The molecular formula is C14H18FNO3S. The highest BCUT2D eigenvalue weighted by Crippen LogP contribution is 2.22. The zero-order valence-corrected chi connectivity index (χ0v) is 12.3. The van der Waals surface area contributed by atoms with Gasteiger partial charge in [0.05, 0.1) is 5.75 Å². The Balaban J connectivity index is 2.64. The summed E-state index contributed by atoms with van der Waals surface area (Å²) in [5.41, 5.74) is -1.24. The first kappa shape index (κ1) is 16.5. The van der Waals surface area contributed by atoms with Crippen molar-refractivity contribution in [3.8, 4) is 0 Å². The van der Waals surface area contributed by atoms with Crippen molar-refractivity contribution in [2.24, 2.45) is 0 Å². The van der Waals surface area contributed by atoms with Crippen LogP contribution in [0.3, 0.4) is 0 Å². The molecule has 1 aromatic carbocycles. The largest absolute Gasteiger partial charge is 0.480 e. The predicted molar refractivity (Wildman–Crippen MR) is 76.2 cm³/mol. The molecule has 0 aromatic heterocycles. The van der Waals surface area contributed by atoms with Crippen LogP contribution >= 0.6 is 11.8 Å². The van der Waals surface area contributed by atoms with Crippen molar-refractivity contribution in [3.63, 3.8) is 0 Å². The van der Waals surface area contributed by atoms with Crippen molar-refractivity contribution in [3.05, 3.63) is 30.1 Å². The number of benzene rings is 1. The van der Waals surface area contributed by atoms with Crippen LogP contribution in [0.4, 0.5) is 4.39 Å². The molecule has 20 heavy (non-hydrogen) atoms. The van der Waals surface area contributed by atoms with Gasteiger partial charge in [0.15, 0.2) is 0 Å². The lowest BCUT2D eigenvalue weighted by molar-refractivity contribution is -0.147. The summed E-state index contributed by atoms with van der Waals surface area (Å²) < 4.78 is 13.4. The molecule has 0 spiro atoms. The first-order valence-electron chi connectivity index (χ1n) is 6.37. The molecule has 0 heterocycles. The molecule has 0 unspecified atom stereocenters. The van der Waals surface area contributed by atoms with Crippen molar-refractivity contribution in [1.29, 1.82) is 0 Å². The summed E-state index contributed by atoms with van der Waals surface area (Å²) in [5, 5.41) is 11.8. The van der Waals surface area contributed by atoms with Crippen LogP contribution in [-0.4, -0.2) is 28.3 Å². The van der Waals surface area contributed by atoms with Gasteiger partial charge in [0.25, 0.3) is 0 Å². The third kappa shape index (κ3) is 3.96. The summed E-state index contributed by atoms with van der Waals surface area (Å²) in [5.74, 6) is -1.87. The number of carbonyl (C=O) groups is 2. The average molecular weight is 299 g/mol. The minimum Gasteiger partial charge on any atom is -0.480 e. The summed E-state index contributed by atoms with van der Waals surface area (Å²) in [6.07, 6.45) is 0.601. The Morgan fingerprint density at radius 2 is 1.90 bits per heavy atom. The van der Waals surface area contributed by atoms with Gasteiger partial charge in [-0.15, -0.1) is 11.8 Å². The molecule has 1 rings (SSSR count). The molecule has 0 aliphatic heterocycles. The average Bonchev–Trinajstić information content (AvgIpc) is 2.43. The highest BCUT2D eigenvalue weighted by Gasteiger charge is 2.36. The van der Waals surface area contributed by atoms with E-state index in [1.807, 2.05) is 0 Å². The number of rotatable bonds is 7. The maximum Gasteiger partial charge on any atom is 0.329 e. The maximum atomic E-state index is 13.4. The van der Waals surface area contributed by atoms with Gasteiger partial charge >= 0.3 is 5.97 Å². The summed E-state index contributed by atoms with van der Waals surface area (Å²) in [4.78, 5) is 23.5. The van der Waals surface area contributed by atoms with E-state index in [0.29, 0.717) is 17.7 Å². The first-order chi connectivity index (χ1) is 9.45. The van der Waals surface area contributed by atoms with Crippen LogP contribution in [0.25, 0.3) is 0 Å². The second-order valence-electron chi connectivity index (χ2n) is 4.36. The van der Waals surface area contributed by atoms with E-state index in [1.165, 1.54) is 6.07 Å². The van der Waals surface area contributed by atoms with Crippen LogP contribution in [0, 0.1) is 5.82 Å². The normalized spacial score (nSPS) is 11.2. The van der Waals surface area contributed by atoms with Crippen LogP contribution < -0.4 is 5.32 Å². The molecule has 2 N–H and O–H groups in total. The zero-order chi connectivity index (χ0) is 15.2. The standard InChI is InChI=1S/C14H18FNO3S/c1-3-14(4-2,13(18)19)16-12(17)9-20-11-8-6-5-7-10(11)15/h5-8H,3-4,9H2,1-2H3,(H,16,17)(H,18,19). The van der Waals surface area contributed by atoms with Crippen molar-refractivity contribution in [1.82, 2.24) is 5.32 Å². The van der Waals surface area contributed by atoms with E-state index in [4.69, 9.17) is 0 Å². The molecule has 0 saturated heterocycles. The topological polar surface area (TPSA) is 66.4 Å². The summed E-state index contributed by atoms with van der Waals surface area (Å²) in [6, 6.07) is 6.16. The Bertz CT molecular complexity index is 489. The number of halogens is 1. The van der Waals surface area contributed by atoms with Crippen molar-refractivity contribution in [2.75, 3.05) is 5.75 Å². The Morgan fingerprint density at radius 1 is 1.30 bits per heavy atom. The molecule has 0 atom stereocenters. The van der Waals surface area contributed by atoms with E-state index in [1.54, 1.807) is 32.0 Å². The molecule has 0 bridgehead atoms. The van der Waals surface area contributed by atoms with E-state index in [0.717, 1.165) is 11.8 Å². The SMILES string of the molecule is CCC(CC)(NC(=O)CSc1ccccc1F)C(=O)O. The number of carbonyl (C=O) groups excluding carboxylic acids is 1. The fourth-order valence-electron chi connectivity index (χ4n) is 1.79. The lowest BCUT2D eigenvalue weighted by atomic mass is 9.93. The van der Waals surface area contributed by atoms with E-state index in [2.05, 4.69) is 5.32 Å². The van der Waals surface area contributed by atoms with Crippen LogP contribution in [0.1, 0.15) is 26.7 Å². The number of aliphatic carboxylic acids is 1. The minimum absolute atomic E-state index is 0.0179. The third-order valence-electron chi connectivity index (χ3n) is 3.19. The predicted octanol–water partition coefficient (Wildman–Crippen LogP) is 2.68. The van der Waals surface area contributed by atoms with E-state index in [-0.39, 0.29) is 11.6 Å². The van der Waals surface area contributed by atoms with E-state index >= 15 is 0 Å². The van der Waals surface area contributed by atoms with Crippen molar-refractivity contribution >= 4 is 23.6 Å². The number of thioether (sulfide) groups is 1. The molecule has 4 nitrogen and oxygen atoms in total. The summed E-state index contributed by atoms with van der Waals surface area (Å²) in [6.45, 7) is 3.42. The van der Waals surface area contributed by atoms with Gasteiger partial charge in [-0.3, -0.25) is 4.79 Å². The second-order valence-corrected chi connectivity index (χ2v) is 5.38. The van der Waals surface area contributed by atoms with Gasteiger partial charge in [0.1, 0.15) is 11.4 Å². The van der Waals surface area contributed by atoms with Gasteiger partial charge in [-0.25, -0.2) is 9.18 Å². The lowest BCUT2D eigenvalue weighted by Gasteiger charge is -2.27. The van der Waals surface area contributed by atoms with Crippen molar-refractivity contribution in [2.45, 2.75) is 37.1 Å². The van der Waals surface area contributed by atoms with Gasteiger partial charge in [-0.2, -0.15) is 0 Å². The van der Waals surface area contributed by atoms with Gasteiger partial charge in [-0.05, 0) is 25.0 Å². The van der Waals surface area contributed by atoms with E-state index in [9.17, 15) is 19.1 Å². The smallest absolute Gasteiger partial charge is 0.329 e. The first-order valence-corrected chi connectivity index (χ1v) is 7.35. The number of hydrogen-bond acceptors (Lipinski definition) is 3. The molecule has 0 radical (unpaired) electrons. The molecule has 0 aliphatic carbocycles. The molecule has 6 heteroatoms. The lowest BCUT2D eigenvalue weighted by Crippen LogP contribution is -2.54. The Hall–Kier alpha value is -1.56. The van der Waals surface area contributed by atoms with E-state index < -0.39 is 17.4 Å². The molecule has 0 saturated carbocycles. The van der Waals surface area contributed by atoms with Crippen LogP contribution in [-0.2, 0) is 9.59 Å². The fraction of sp³-hybridized carbons (Fsp3) is 0.429. The molecule has 110 valence electrons. The number of amides is 1. The van der Waals surface area contributed by atoms with Gasteiger partial charge < -0.3 is 10.4 Å². The third-order valence-corrected chi connectivity index (χ3v) is 4.24. The van der Waals surface area contributed by atoms with Gasteiger partial charge in [0, 0.05) is 4.90 Å². The van der Waals surface area contributed by atoms with Crippen molar-refractivity contribution < 1.29 is 19.1 Å². The number of carboxylic acid groups (broad SMARTS) is 1. The zero-order valence-electron chi connectivity index (χ0n) is 11.5. The Kier molecular flexibility index (Phi) is 6.01. The van der Waals surface area contributed by atoms with Gasteiger partial charge in [-0.1, -0.05) is 26.0 Å². The van der Waals surface area contributed by atoms with Crippen LogP contribution in [0.15, 0.2) is 29.2 Å². The van der Waals surface area contributed by atoms with Crippen LogP contribution in [0.2, 0.25) is 0 Å². The highest BCUT2D eigenvalue weighted by molar-refractivity contribution is 8.00. The molecule has 1 amide bonds. The number of hydrogen-bond donors (Lipinski definition) is 2. The summed E-state index contributed by atoms with van der Waals surface area (Å²) in [7, 11) is 0. The second kappa shape index (κ2) is 7.28. The number of carboxylic acids is 1. The Labute approximate surface area is 121 Å². The molecule has 0 fully saturated rings. The maximum absolute atomic E-state index is 13.4. The summed E-state index contributed by atoms with van der Waals surface area (Å²) >= 11 is 1.05. The Morgan fingerprint density at radius 3 is 2.40 bits per heavy atom. The molecule has 1 aromatic rings. The monoisotopic (exact) mass is 299 g/mol. The highest BCUT2D eigenvalue weighted by atomic mass is 32.2. The van der Waals surface area contributed by atoms with Crippen LogP contribution in [0.5, 0.6) is 0 Å². The quantitative estimate of drug-likeness (QED) is 0.760. The molecule has 0 aliphatic rings. The minimum atomic E-state index is -1.24. The molecular weight excluding hydrogens is 281 g/mol. The fourth-order valence-corrected chi connectivity index (χ4v) is 2.53.